The lowest BCUT2D eigenvalue weighted by Crippen LogP contribution is -2.33. The predicted molar refractivity (Wildman–Crippen MR) is 57.9 cm³/mol. The van der Waals surface area contributed by atoms with Gasteiger partial charge in [-0.25, -0.2) is 0 Å². The van der Waals surface area contributed by atoms with Crippen LogP contribution in [0.25, 0.3) is 0 Å². The Hall–Kier alpha value is -0.900. The van der Waals surface area contributed by atoms with Crippen molar-refractivity contribution in [2.75, 3.05) is 13.1 Å². The first kappa shape index (κ1) is 11.2. The summed E-state index contributed by atoms with van der Waals surface area (Å²) in [7, 11) is 0. The van der Waals surface area contributed by atoms with Gasteiger partial charge in [0.25, 0.3) is 0 Å². The Morgan fingerprint density at radius 1 is 1.36 bits per heavy atom. The maximum Gasteiger partial charge on any atom is 0.0786 e. The second-order valence-electron chi connectivity index (χ2n) is 3.43. The molecule has 3 heteroatoms. The molecule has 2 atom stereocenters. The fourth-order valence-electron chi connectivity index (χ4n) is 1.26. The summed E-state index contributed by atoms with van der Waals surface area (Å²) in [4.78, 5) is 0. The lowest BCUT2D eigenvalue weighted by molar-refractivity contribution is 0.176. The van der Waals surface area contributed by atoms with Crippen molar-refractivity contribution in [1.82, 2.24) is 5.32 Å². The van der Waals surface area contributed by atoms with E-state index in [1.54, 1.807) is 0 Å². The number of nitrogens with two attached hydrogens (primary N) is 1. The Balaban J connectivity index is 2.39. The van der Waals surface area contributed by atoms with Gasteiger partial charge in [0.15, 0.2) is 0 Å². The second kappa shape index (κ2) is 5.75. The molecular weight excluding hydrogens is 176 g/mol. The van der Waals surface area contributed by atoms with E-state index < -0.39 is 6.10 Å². The fourth-order valence-corrected chi connectivity index (χ4v) is 1.26. The quantitative estimate of drug-likeness (QED) is 0.645. The molecular formula is C11H18N2O. The lowest BCUT2D eigenvalue weighted by Gasteiger charge is -2.16. The van der Waals surface area contributed by atoms with Crippen molar-refractivity contribution < 1.29 is 5.11 Å². The zero-order chi connectivity index (χ0) is 10.4. The second-order valence-corrected chi connectivity index (χ2v) is 3.43. The van der Waals surface area contributed by atoms with Gasteiger partial charge < -0.3 is 16.2 Å². The molecule has 0 spiro atoms. The zero-order valence-corrected chi connectivity index (χ0v) is 8.48. The molecule has 4 N–H and O–H groups in total. The number of aliphatic hydroxyl groups is 1. The number of hydrogen-bond acceptors (Lipinski definition) is 3. The van der Waals surface area contributed by atoms with Crippen LogP contribution < -0.4 is 11.1 Å². The van der Waals surface area contributed by atoms with Crippen LogP contribution in [0.3, 0.4) is 0 Å². The molecule has 2 unspecified atom stereocenters. The van der Waals surface area contributed by atoms with Gasteiger partial charge in [-0.15, -0.1) is 0 Å². The minimum atomic E-state index is -0.457. The molecule has 0 radical (unpaired) electrons. The van der Waals surface area contributed by atoms with Crippen molar-refractivity contribution in [2.24, 2.45) is 5.73 Å². The molecule has 14 heavy (non-hydrogen) atoms. The third-order valence-electron chi connectivity index (χ3n) is 2.23. The fraction of sp³-hybridized carbons (Fsp3) is 0.455. The summed E-state index contributed by atoms with van der Waals surface area (Å²) in [6, 6.07) is 10.4. The predicted octanol–water partition coefficient (Wildman–Crippen LogP) is 0.657. The van der Waals surface area contributed by atoms with Crippen molar-refractivity contribution in [2.45, 2.75) is 19.1 Å². The largest absolute Gasteiger partial charge is 0.390 e. The van der Waals surface area contributed by atoms with Crippen LogP contribution in [0.5, 0.6) is 0 Å². The van der Waals surface area contributed by atoms with Crippen LogP contribution in [-0.2, 0) is 0 Å². The summed E-state index contributed by atoms with van der Waals surface area (Å²) in [5.41, 5.74) is 6.53. The van der Waals surface area contributed by atoms with E-state index in [2.05, 4.69) is 24.4 Å². The Labute approximate surface area is 84.9 Å². The van der Waals surface area contributed by atoms with Crippen LogP contribution in [0.1, 0.15) is 18.5 Å². The number of aliphatic hydroxyl groups excluding tert-OH is 1. The van der Waals surface area contributed by atoms with Crippen molar-refractivity contribution in [1.29, 1.82) is 0 Å². The molecule has 1 aromatic rings. The third-order valence-corrected chi connectivity index (χ3v) is 2.23. The highest BCUT2D eigenvalue weighted by molar-refractivity contribution is 5.17. The van der Waals surface area contributed by atoms with Gasteiger partial charge in [0.1, 0.15) is 0 Å². The number of hydrogen-bond donors (Lipinski definition) is 3. The molecule has 78 valence electrons. The molecule has 0 aliphatic rings. The summed E-state index contributed by atoms with van der Waals surface area (Å²) in [6.07, 6.45) is -0.457. The molecule has 1 rings (SSSR count). The maximum atomic E-state index is 9.27. The van der Waals surface area contributed by atoms with Crippen molar-refractivity contribution in [3.63, 3.8) is 0 Å². The van der Waals surface area contributed by atoms with Gasteiger partial charge in [-0.05, 0) is 12.5 Å². The highest BCUT2D eigenvalue weighted by Gasteiger charge is 2.06. The molecule has 0 aliphatic carbocycles. The van der Waals surface area contributed by atoms with Crippen LogP contribution in [0.15, 0.2) is 30.3 Å². The van der Waals surface area contributed by atoms with E-state index >= 15 is 0 Å². The standard InChI is InChI=1S/C11H18N2O/c1-9(13-8-11(14)7-12)10-5-3-2-4-6-10/h2-6,9,11,13-14H,7-8,12H2,1H3. The molecule has 0 amide bonds. The van der Waals surface area contributed by atoms with Crippen molar-refractivity contribution in [3.05, 3.63) is 35.9 Å². The summed E-state index contributed by atoms with van der Waals surface area (Å²) in [5, 5.41) is 12.5. The van der Waals surface area contributed by atoms with Gasteiger partial charge in [0, 0.05) is 19.1 Å². The number of nitrogens with one attached hydrogen (secondary N) is 1. The molecule has 0 fully saturated rings. The molecule has 0 saturated heterocycles. The third kappa shape index (κ3) is 3.46. The molecule has 0 aromatic heterocycles. The van der Waals surface area contributed by atoms with E-state index in [0.29, 0.717) is 13.1 Å². The Morgan fingerprint density at radius 2 is 2.00 bits per heavy atom. The first-order valence-electron chi connectivity index (χ1n) is 4.90. The molecule has 1 aromatic carbocycles. The van der Waals surface area contributed by atoms with Gasteiger partial charge in [-0.1, -0.05) is 30.3 Å². The molecule has 0 heterocycles. The van der Waals surface area contributed by atoms with Crippen LogP contribution >= 0.6 is 0 Å². The minimum absolute atomic E-state index is 0.248. The van der Waals surface area contributed by atoms with Crippen LogP contribution in [-0.4, -0.2) is 24.3 Å². The van der Waals surface area contributed by atoms with Gasteiger partial charge in [0.05, 0.1) is 6.10 Å². The lowest BCUT2D eigenvalue weighted by atomic mass is 10.1. The monoisotopic (exact) mass is 194 g/mol. The maximum absolute atomic E-state index is 9.27. The average Bonchev–Trinajstić information content (AvgIpc) is 2.26. The molecule has 0 saturated carbocycles. The van der Waals surface area contributed by atoms with Gasteiger partial charge in [-0.3, -0.25) is 0 Å². The van der Waals surface area contributed by atoms with E-state index in [-0.39, 0.29) is 6.04 Å². The Morgan fingerprint density at radius 3 is 2.57 bits per heavy atom. The van der Waals surface area contributed by atoms with Crippen molar-refractivity contribution in [3.8, 4) is 0 Å². The van der Waals surface area contributed by atoms with Crippen LogP contribution in [0, 0.1) is 0 Å². The van der Waals surface area contributed by atoms with Crippen LogP contribution in [0.2, 0.25) is 0 Å². The Bertz CT molecular complexity index is 251. The summed E-state index contributed by atoms with van der Waals surface area (Å²) in [5.74, 6) is 0. The minimum Gasteiger partial charge on any atom is -0.390 e. The highest BCUT2D eigenvalue weighted by atomic mass is 16.3. The molecule has 0 bridgehead atoms. The summed E-state index contributed by atoms with van der Waals surface area (Å²) < 4.78 is 0. The zero-order valence-electron chi connectivity index (χ0n) is 8.48. The number of benzene rings is 1. The van der Waals surface area contributed by atoms with Crippen LogP contribution in [0.4, 0.5) is 0 Å². The summed E-state index contributed by atoms with van der Waals surface area (Å²) in [6.45, 7) is 2.90. The van der Waals surface area contributed by atoms with Gasteiger partial charge in [0.2, 0.25) is 0 Å². The first-order chi connectivity index (χ1) is 6.74. The van der Waals surface area contributed by atoms with Gasteiger partial charge in [-0.2, -0.15) is 0 Å². The van der Waals surface area contributed by atoms with E-state index in [9.17, 15) is 5.11 Å². The van der Waals surface area contributed by atoms with Crippen molar-refractivity contribution >= 4 is 0 Å². The van der Waals surface area contributed by atoms with Gasteiger partial charge >= 0.3 is 0 Å². The smallest absolute Gasteiger partial charge is 0.0786 e. The SMILES string of the molecule is CC(NCC(O)CN)c1ccccc1. The highest BCUT2D eigenvalue weighted by Crippen LogP contribution is 2.10. The van der Waals surface area contributed by atoms with E-state index in [4.69, 9.17) is 5.73 Å². The topological polar surface area (TPSA) is 58.3 Å². The Kier molecular flexibility index (Phi) is 4.59. The average molecular weight is 194 g/mol. The normalized spacial score (nSPS) is 15.1. The summed E-state index contributed by atoms with van der Waals surface area (Å²) >= 11 is 0. The first-order valence-corrected chi connectivity index (χ1v) is 4.90. The number of rotatable bonds is 5. The van der Waals surface area contributed by atoms with E-state index in [0.717, 1.165) is 0 Å². The molecule has 0 aliphatic heterocycles. The molecule has 3 nitrogen and oxygen atoms in total. The van der Waals surface area contributed by atoms with E-state index in [1.165, 1.54) is 5.56 Å². The van der Waals surface area contributed by atoms with E-state index in [1.807, 2.05) is 18.2 Å².